The molecule has 0 amide bonds. The first kappa shape index (κ1) is 17.4. The number of piperidine rings is 1. The Morgan fingerprint density at radius 3 is 2.43 bits per heavy atom. The van der Waals surface area contributed by atoms with Gasteiger partial charge in [-0.25, -0.2) is 9.59 Å². The van der Waals surface area contributed by atoms with Gasteiger partial charge < -0.3 is 19.5 Å². The Labute approximate surface area is 136 Å². The average Bonchev–Trinajstić information content (AvgIpc) is 2.59. The number of nitrogens with one attached hydrogen (secondary N) is 1. The normalized spacial score (nSPS) is 16.6. The summed E-state index contributed by atoms with van der Waals surface area (Å²) in [7, 11) is 0. The third-order valence-electron chi connectivity index (χ3n) is 3.55. The molecular weight excluding hydrogens is 298 g/mol. The van der Waals surface area contributed by atoms with Gasteiger partial charge in [-0.1, -0.05) is 30.3 Å². The van der Waals surface area contributed by atoms with Gasteiger partial charge in [0.05, 0.1) is 12.7 Å². The van der Waals surface area contributed by atoms with E-state index in [9.17, 15) is 9.59 Å². The van der Waals surface area contributed by atoms with Crippen molar-refractivity contribution in [1.82, 2.24) is 5.32 Å². The Bertz CT molecular complexity index is 499. The number of carbonyl (C=O) groups is 2. The van der Waals surface area contributed by atoms with Crippen LogP contribution in [0.5, 0.6) is 0 Å². The Kier molecular flexibility index (Phi) is 7.03. The van der Waals surface area contributed by atoms with Gasteiger partial charge in [-0.3, -0.25) is 0 Å². The molecular formula is C17H23NO5. The van der Waals surface area contributed by atoms with Crippen LogP contribution in [0.15, 0.2) is 30.3 Å². The van der Waals surface area contributed by atoms with E-state index in [4.69, 9.17) is 14.2 Å². The van der Waals surface area contributed by atoms with Crippen LogP contribution < -0.4 is 5.32 Å². The molecule has 6 nitrogen and oxygen atoms in total. The molecule has 1 aromatic rings. The van der Waals surface area contributed by atoms with Gasteiger partial charge in [0.15, 0.2) is 0 Å². The van der Waals surface area contributed by atoms with Crippen molar-refractivity contribution in [3.8, 4) is 0 Å². The maximum absolute atomic E-state index is 12.2. The van der Waals surface area contributed by atoms with E-state index in [0.717, 1.165) is 31.5 Å². The summed E-state index contributed by atoms with van der Waals surface area (Å²) >= 11 is 0. The fourth-order valence-corrected chi connectivity index (χ4v) is 2.35. The van der Waals surface area contributed by atoms with Gasteiger partial charge in [0.25, 0.3) is 6.10 Å². The molecule has 0 radical (unpaired) electrons. The lowest BCUT2D eigenvalue weighted by Gasteiger charge is -2.26. The Morgan fingerprint density at radius 2 is 1.78 bits per heavy atom. The highest BCUT2D eigenvalue weighted by atomic mass is 16.6. The van der Waals surface area contributed by atoms with E-state index in [-0.39, 0.29) is 19.3 Å². The quantitative estimate of drug-likeness (QED) is 0.605. The zero-order valence-electron chi connectivity index (χ0n) is 13.3. The Hall–Kier alpha value is -1.92. The first-order valence-corrected chi connectivity index (χ1v) is 7.94. The molecule has 6 heteroatoms. The molecule has 0 aliphatic carbocycles. The topological polar surface area (TPSA) is 73.9 Å². The summed E-state index contributed by atoms with van der Waals surface area (Å²) in [5.41, 5.74) is 0.852. The van der Waals surface area contributed by atoms with E-state index >= 15 is 0 Å². The molecule has 1 aromatic carbocycles. The lowest BCUT2D eigenvalue weighted by Crippen LogP contribution is -2.42. The van der Waals surface area contributed by atoms with Crippen LogP contribution in [0.3, 0.4) is 0 Å². The van der Waals surface area contributed by atoms with Crippen molar-refractivity contribution >= 4 is 11.9 Å². The summed E-state index contributed by atoms with van der Waals surface area (Å²) in [6.45, 7) is 3.59. The highest BCUT2D eigenvalue weighted by Gasteiger charge is 2.33. The molecule has 1 heterocycles. The molecule has 23 heavy (non-hydrogen) atoms. The second kappa shape index (κ2) is 9.27. The summed E-state index contributed by atoms with van der Waals surface area (Å²) in [6.07, 6.45) is 0.0423. The van der Waals surface area contributed by atoms with Crippen molar-refractivity contribution in [2.75, 3.05) is 19.7 Å². The Balaban J connectivity index is 1.94. The molecule has 0 spiro atoms. The van der Waals surface area contributed by atoms with Crippen LogP contribution in [0.1, 0.15) is 25.3 Å². The van der Waals surface area contributed by atoms with E-state index in [1.54, 1.807) is 6.92 Å². The lowest BCUT2D eigenvalue weighted by molar-refractivity contribution is -0.179. The molecule has 1 aliphatic heterocycles. The standard InChI is InChI=1S/C17H23NO5/c1-2-21-16(19)15(23-14-8-10-18-11-9-14)17(20)22-12-13-6-4-3-5-7-13/h3-7,14-15,18H,2,8-12H2,1H3. The van der Waals surface area contributed by atoms with Gasteiger partial charge in [-0.2, -0.15) is 0 Å². The van der Waals surface area contributed by atoms with Crippen LogP contribution in [-0.4, -0.2) is 43.8 Å². The number of rotatable bonds is 7. The minimum absolute atomic E-state index is 0.102. The van der Waals surface area contributed by atoms with Crippen LogP contribution in [0.4, 0.5) is 0 Å². The summed E-state index contributed by atoms with van der Waals surface area (Å²) in [6, 6.07) is 9.29. The second-order valence-corrected chi connectivity index (χ2v) is 5.31. The molecule has 1 unspecified atom stereocenters. The third kappa shape index (κ3) is 5.65. The van der Waals surface area contributed by atoms with E-state index in [2.05, 4.69) is 5.32 Å². The Morgan fingerprint density at radius 1 is 1.13 bits per heavy atom. The number of hydrogen-bond donors (Lipinski definition) is 1. The van der Waals surface area contributed by atoms with E-state index in [0.29, 0.717) is 0 Å². The number of carbonyl (C=O) groups excluding carboxylic acids is 2. The summed E-state index contributed by atoms with van der Waals surface area (Å²) in [5, 5.41) is 3.21. The highest BCUT2D eigenvalue weighted by molar-refractivity contribution is 5.98. The van der Waals surface area contributed by atoms with Crippen LogP contribution in [0.25, 0.3) is 0 Å². The highest BCUT2D eigenvalue weighted by Crippen LogP contribution is 2.13. The summed E-state index contributed by atoms with van der Waals surface area (Å²) in [4.78, 5) is 24.2. The zero-order chi connectivity index (χ0) is 16.5. The minimum atomic E-state index is -1.32. The van der Waals surface area contributed by atoms with E-state index in [1.165, 1.54) is 0 Å². The molecule has 1 atom stereocenters. The lowest BCUT2D eigenvalue weighted by atomic mass is 10.1. The van der Waals surface area contributed by atoms with Crippen molar-refractivity contribution in [2.45, 2.75) is 38.6 Å². The van der Waals surface area contributed by atoms with Crippen molar-refractivity contribution in [1.29, 1.82) is 0 Å². The van der Waals surface area contributed by atoms with Crippen LogP contribution in [0, 0.1) is 0 Å². The van der Waals surface area contributed by atoms with Gasteiger partial charge >= 0.3 is 11.9 Å². The minimum Gasteiger partial charge on any atom is -0.464 e. The third-order valence-corrected chi connectivity index (χ3v) is 3.55. The van der Waals surface area contributed by atoms with Crippen molar-refractivity contribution in [3.05, 3.63) is 35.9 Å². The van der Waals surface area contributed by atoms with E-state index in [1.807, 2.05) is 30.3 Å². The fraction of sp³-hybridized carbons (Fsp3) is 0.529. The molecule has 0 bridgehead atoms. The van der Waals surface area contributed by atoms with Gasteiger partial charge in [0.1, 0.15) is 6.61 Å². The molecule has 0 saturated carbocycles. The fourth-order valence-electron chi connectivity index (χ4n) is 2.35. The second-order valence-electron chi connectivity index (χ2n) is 5.31. The first-order valence-electron chi connectivity index (χ1n) is 7.94. The smallest absolute Gasteiger partial charge is 0.347 e. The number of esters is 2. The summed E-state index contributed by atoms with van der Waals surface area (Å²) in [5.74, 6) is -1.39. The molecule has 0 aromatic heterocycles. The van der Waals surface area contributed by atoms with Crippen molar-refractivity contribution < 1.29 is 23.8 Å². The van der Waals surface area contributed by atoms with Crippen LogP contribution in [-0.2, 0) is 30.4 Å². The first-order chi connectivity index (χ1) is 11.2. The van der Waals surface area contributed by atoms with Gasteiger partial charge in [-0.15, -0.1) is 0 Å². The van der Waals surface area contributed by atoms with Crippen LogP contribution >= 0.6 is 0 Å². The van der Waals surface area contributed by atoms with E-state index < -0.39 is 18.0 Å². The van der Waals surface area contributed by atoms with Crippen LogP contribution in [0.2, 0.25) is 0 Å². The molecule has 1 aliphatic rings. The maximum atomic E-state index is 12.2. The van der Waals surface area contributed by atoms with Crippen molar-refractivity contribution in [3.63, 3.8) is 0 Å². The number of hydrogen-bond acceptors (Lipinski definition) is 6. The average molecular weight is 321 g/mol. The number of benzene rings is 1. The predicted molar refractivity (Wildman–Crippen MR) is 83.6 cm³/mol. The van der Waals surface area contributed by atoms with Gasteiger partial charge in [0.2, 0.25) is 0 Å². The van der Waals surface area contributed by atoms with Crippen molar-refractivity contribution in [2.24, 2.45) is 0 Å². The molecule has 1 N–H and O–H groups in total. The van der Waals surface area contributed by atoms with Gasteiger partial charge in [0, 0.05) is 0 Å². The monoisotopic (exact) mass is 321 g/mol. The maximum Gasteiger partial charge on any atom is 0.347 e. The molecule has 1 fully saturated rings. The zero-order valence-corrected chi connectivity index (χ0v) is 13.3. The van der Waals surface area contributed by atoms with Gasteiger partial charge in [-0.05, 0) is 38.4 Å². The predicted octanol–water partition coefficient (Wildman–Crippen LogP) is 1.43. The number of ether oxygens (including phenoxy) is 3. The summed E-state index contributed by atoms with van der Waals surface area (Å²) < 4.78 is 15.8. The molecule has 2 rings (SSSR count). The molecule has 126 valence electrons. The molecule has 1 saturated heterocycles. The SMILES string of the molecule is CCOC(=O)C(OC1CCNCC1)C(=O)OCc1ccccc1. The largest absolute Gasteiger partial charge is 0.464 e.